The van der Waals surface area contributed by atoms with E-state index in [1.54, 1.807) is 12.5 Å². The van der Waals surface area contributed by atoms with E-state index in [0.717, 1.165) is 41.4 Å². The number of benzene rings is 1. The largest absolute Gasteiger partial charge is 0.472 e. The Morgan fingerprint density at radius 1 is 1.15 bits per heavy atom. The van der Waals surface area contributed by atoms with Crippen LogP contribution in [-0.2, 0) is 12.8 Å². The van der Waals surface area contributed by atoms with E-state index in [1.807, 2.05) is 24.3 Å². The van der Waals surface area contributed by atoms with Gasteiger partial charge in [-0.05, 0) is 55.1 Å². The van der Waals surface area contributed by atoms with Crippen LogP contribution in [0.4, 0.5) is 0 Å². The highest BCUT2D eigenvalue weighted by molar-refractivity contribution is 6.36. The lowest BCUT2D eigenvalue weighted by Crippen LogP contribution is -2.33. The molecule has 4 heteroatoms. The molecule has 0 saturated carbocycles. The first-order valence-electron chi connectivity index (χ1n) is 6.88. The number of halogens is 2. The van der Waals surface area contributed by atoms with Crippen LogP contribution in [0.2, 0.25) is 10.0 Å². The molecule has 2 nitrogen and oxygen atoms in total. The highest BCUT2D eigenvalue weighted by Crippen LogP contribution is 2.26. The molecule has 0 amide bonds. The van der Waals surface area contributed by atoms with Crippen LogP contribution in [0.3, 0.4) is 0 Å². The van der Waals surface area contributed by atoms with Crippen molar-refractivity contribution in [3.63, 3.8) is 0 Å². The fraction of sp³-hybridized carbons (Fsp3) is 0.375. The molecule has 0 aliphatic carbocycles. The van der Waals surface area contributed by atoms with Crippen molar-refractivity contribution >= 4 is 23.2 Å². The minimum absolute atomic E-state index is 0.296. The molecule has 1 aromatic heterocycles. The van der Waals surface area contributed by atoms with Crippen molar-refractivity contribution in [2.45, 2.75) is 32.2 Å². The van der Waals surface area contributed by atoms with E-state index in [0.29, 0.717) is 6.04 Å². The van der Waals surface area contributed by atoms with Crippen LogP contribution in [0, 0.1) is 0 Å². The molecule has 20 heavy (non-hydrogen) atoms. The molecule has 0 bridgehead atoms. The van der Waals surface area contributed by atoms with E-state index in [1.165, 1.54) is 5.56 Å². The maximum absolute atomic E-state index is 6.26. The van der Waals surface area contributed by atoms with Crippen LogP contribution in [0.1, 0.15) is 24.5 Å². The van der Waals surface area contributed by atoms with Gasteiger partial charge in [0.05, 0.1) is 12.5 Å². The zero-order chi connectivity index (χ0) is 14.4. The third kappa shape index (κ3) is 4.27. The van der Waals surface area contributed by atoms with Crippen LogP contribution in [-0.4, -0.2) is 12.6 Å². The van der Waals surface area contributed by atoms with Gasteiger partial charge in [0.1, 0.15) is 0 Å². The van der Waals surface area contributed by atoms with Crippen molar-refractivity contribution in [1.29, 1.82) is 0 Å². The molecule has 0 aliphatic rings. The number of nitrogens with one attached hydrogen (secondary N) is 1. The summed E-state index contributed by atoms with van der Waals surface area (Å²) in [6.45, 7) is 3.13. The number of furan rings is 1. The number of hydrogen-bond acceptors (Lipinski definition) is 2. The maximum atomic E-state index is 6.26. The summed E-state index contributed by atoms with van der Waals surface area (Å²) in [7, 11) is 0. The van der Waals surface area contributed by atoms with Crippen LogP contribution >= 0.6 is 23.2 Å². The molecule has 0 radical (unpaired) electrons. The Balaban J connectivity index is 2.10. The Bertz CT molecular complexity index is 505. The molecule has 1 aromatic carbocycles. The lowest BCUT2D eigenvalue weighted by molar-refractivity contribution is 0.499. The molecule has 1 N–H and O–H groups in total. The van der Waals surface area contributed by atoms with Gasteiger partial charge in [0.2, 0.25) is 0 Å². The smallest absolute Gasteiger partial charge is 0.0935 e. The van der Waals surface area contributed by atoms with Crippen molar-refractivity contribution in [3.05, 3.63) is 58.0 Å². The monoisotopic (exact) mass is 311 g/mol. The summed E-state index contributed by atoms with van der Waals surface area (Å²) in [5.74, 6) is 0. The van der Waals surface area contributed by atoms with Gasteiger partial charge in [-0.3, -0.25) is 0 Å². The third-order valence-corrected chi connectivity index (χ3v) is 3.97. The van der Waals surface area contributed by atoms with Crippen LogP contribution < -0.4 is 5.32 Å². The molecule has 2 rings (SSSR count). The van der Waals surface area contributed by atoms with Crippen molar-refractivity contribution in [1.82, 2.24) is 5.32 Å². The van der Waals surface area contributed by atoms with Crippen molar-refractivity contribution in [2.75, 3.05) is 6.54 Å². The lowest BCUT2D eigenvalue weighted by Gasteiger charge is -2.19. The van der Waals surface area contributed by atoms with Gasteiger partial charge in [-0.15, -0.1) is 0 Å². The van der Waals surface area contributed by atoms with Crippen molar-refractivity contribution in [3.8, 4) is 0 Å². The molecule has 108 valence electrons. The summed E-state index contributed by atoms with van der Waals surface area (Å²) >= 11 is 12.5. The molecule has 0 spiro atoms. The van der Waals surface area contributed by atoms with E-state index in [4.69, 9.17) is 27.6 Å². The normalized spacial score (nSPS) is 12.6. The van der Waals surface area contributed by atoms with Crippen molar-refractivity contribution in [2.24, 2.45) is 0 Å². The maximum Gasteiger partial charge on any atom is 0.0935 e. The van der Waals surface area contributed by atoms with E-state index < -0.39 is 0 Å². The second kappa shape index (κ2) is 7.72. The van der Waals surface area contributed by atoms with E-state index >= 15 is 0 Å². The van der Waals surface area contributed by atoms with Gasteiger partial charge >= 0.3 is 0 Å². The van der Waals surface area contributed by atoms with Crippen LogP contribution in [0.5, 0.6) is 0 Å². The molecule has 2 aromatic rings. The zero-order valence-corrected chi connectivity index (χ0v) is 13.0. The van der Waals surface area contributed by atoms with Gasteiger partial charge in [0.25, 0.3) is 0 Å². The van der Waals surface area contributed by atoms with Gasteiger partial charge in [-0.2, -0.15) is 0 Å². The first-order chi connectivity index (χ1) is 9.70. The molecule has 0 fully saturated rings. The highest BCUT2D eigenvalue weighted by atomic mass is 35.5. The Labute approximate surface area is 130 Å². The molecular weight excluding hydrogens is 293 g/mol. The SMILES string of the molecule is CCCNC(Cc1ccoc1)Cc1c(Cl)cccc1Cl. The summed E-state index contributed by atoms with van der Waals surface area (Å²) in [6.07, 6.45) is 6.30. The number of rotatable bonds is 7. The Hall–Kier alpha value is -0.960. The van der Waals surface area contributed by atoms with Gasteiger partial charge in [0.15, 0.2) is 0 Å². The Morgan fingerprint density at radius 3 is 2.50 bits per heavy atom. The molecule has 1 atom stereocenters. The van der Waals surface area contributed by atoms with Gasteiger partial charge in [-0.25, -0.2) is 0 Å². The van der Waals surface area contributed by atoms with E-state index in [2.05, 4.69) is 12.2 Å². The first kappa shape index (κ1) is 15.4. The second-order valence-electron chi connectivity index (χ2n) is 4.89. The van der Waals surface area contributed by atoms with E-state index in [-0.39, 0.29) is 0 Å². The molecule has 0 aliphatic heterocycles. The summed E-state index contributed by atoms with van der Waals surface area (Å²) in [5, 5.41) is 5.01. The Morgan fingerprint density at radius 2 is 1.90 bits per heavy atom. The second-order valence-corrected chi connectivity index (χ2v) is 5.71. The van der Waals surface area contributed by atoms with Gasteiger partial charge < -0.3 is 9.73 Å². The quantitative estimate of drug-likeness (QED) is 0.799. The van der Waals surface area contributed by atoms with E-state index in [9.17, 15) is 0 Å². The van der Waals surface area contributed by atoms with Crippen molar-refractivity contribution < 1.29 is 4.42 Å². The molecular formula is C16H19Cl2NO. The molecule has 1 heterocycles. The van der Waals surface area contributed by atoms with Crippen LogP contribution in [0.25, 0.3) is 0 Å². The van der Waals surface area contributed by atoms with Crippen LogP contribution in [0.15, 0.2) is 41.2 Å². The zero-order valence-electron chi connectivity index (χ0n) is 11.5. The summed E-state index contributed by atoms with van der Waals surface area (Å²) < 4.78 is 5.14. The number of hydrogen-bond donors (Lipinski definition) is 1. The third-order valence-electron chi connectivity index (χ3n) is 3.26. The lowest BCUT2D eigenvalue weighted by atomic mass is 10.00. The standard InChI is InChI=1S/C16H19Cl2NO/c1-2-7-19-13(9-12-6-8-20-11-12)10-14-15(17)4-3-5-16(14)18/h3-6,8,11,13,19H,2,7,9-10H2,1H3. The minimum Gasteiger partial charge on any atom is -0.472 e. The first-order valence-corrected chi connectivity index (χ1v) is 7.63. The minimum atomic E-state index is 0.296. The summed E-state index contributed by atoms with van der Waals surface area (Å²) in [6, 6.07) is 7.94. The highest BCUT2D eigenvalue weighted by Gasteiger charge is 2.14. The predicted octanol–water partition coefficient (Wildman–Crippen LogP) is 4.74. The average Bonchev–Trinajstić information content (AvgIpc) is 2.93. The molecule has 0 saturated heterocycles. The fourth-order valence-corrected chi connectivity index (χ4v) is 2.78. The summed E-state index contributed by atoms with van der Waals surface area (Å²) in [5.41, 5.74) is 2.19. The van der Waals surface area contributed by atoms with Gasteiger partial charge in [-0.1, -0.05) is 36.2 Å². The summed E-state index contributed by atoms with van der Waals surface area (Å²) in [4.78, 5) is 0. The Kier molecular flexibility index (Phi) is 5.96. The molecule has 1 unspecified atom stereocenters. The van der Waals surface area contributed by atoms with Gasteiger partial charge in [0, 0.05) is 16.1 Å². The average molecular weight is 312 g/mol. The fourth-order valence-electron chi connectivity index (χ4n) is 2.23. The predicted molar refractivity (Wildman–Crippen MR) is 84.7 cm³/mol. The topological polar surface area (TPSA) is 25.2 Å².